The number of anilines is 1. The molecule has 0 aromatic heterocycles. The van der Waals surface area contributed by atoms with Gasteiger partial charge < -0.3 is 16.4 Å². The minimum absolute atomic E-state index is 0.110. The van der Waals surface area contributed by atoms with Gasteiger partial charge in [-0.3, -0.25) is 9.59 Å². The molecule has 0 aliphatic carbocycles. The Bertz CT molecular complexity index is 457. The number of carbonyl (C=O) groups is 2. The molecule has 0 saturated carbocycles. The van der Waals surface area contributed by atoms with Crippen LogP contribution in [0.5, 0.6) is 0 Å². The number of carbonyl (C=O) groups excluding carboxylic acids is 2. The number of rotatable bonds is 6. The maximum absolute atomic E-state index is 11.6. The molecule has 0 aliphatic heterocycles. The molecule has 2 amide bonds. The lowest BCUT2D eigenvalue weighted by Crippen LogP contribution is -2.42. The second kappa shape index (κ2) is 6.54. The number of halogens is 1. The lowest BCUT2D eigenvalue weighted by atomic mass is 9.93. The highest BCUT2D eigenvalue weighted by Crippen LogP contribution is 2.13. The van der Waals surface area contributed by atoms with E-state index in [-0.39, 0.29) is 12.5 Å². The van der Waals surface area contributed by atoms with Crippen molar-refractivity contribution >= 4 is 29.1 Å². The molecule has 0 unspecified atom stereocenters. The van der Waals surface area contributed by atoms with Crippen molar-refractivity contribution in [2.24, 2.45) is 11.1 Å². The van der Waals surface area contributed by atoms with Gasteiger partial charge in [-0.15, -0.1) is 0 Å². The molecule has 0 fully saturated rings. The predicted octanol–water partition coefficient (Wildman–Crippen LogP) is 1.38. The minimum Gasteiger partial charge on any atom is -0.369 e. The van der Waals surface area contributed by atoms with E-state index in [1.54, 1.807) is 38.1 Å². The average Bonchev–Trinajstić information content (AvgIpc) is 2.31. The maximum atomic E-state index is 11.6. The Morgan fingerprint density at radius 2 is 1.84 bits per heavy atom. The van der Waals surface area contributed by atoms with Crippen LogP contribution in [0.3, 0.4) is 0 Å². The smallest absolute Gasteiger partial charge is 0.238 e. The first kappa shape index (κ1) is 15.5. The largest absolute Gasteiger partial charge is 0.369 e. The van der Waals surface area contributed by atoms with Crippen molar-refractivity contribution in [1.82, 2.24) is 5.32 Å². The van der Waals surface area contributed by atoms with Gasteiger partial charge in [-0.25, -0.2) is 0 Å². The highest BCUT2D eigenvalue weighted by molar-refractivity contribution is 6.30. The SMILES string of the molecule is CC(C)(CNCC(=O)Nc1ccc(Cl)cc1)C(N)=O. The van der Waals surface area contributed by atoms with Crippen molar-refractivity contribution in [1.29, 1.82) is 0 Å². The molecule has 6 heteroatoms. The van der Waals surface area contributed by atoms with Crippen LogP contribution < -0.4 is 16.4 Å². The quantitative estimate of drug-likeness (QED) is 0.737. The van der Waals surface area contributed by atoms with E-state index in [9.17, 15) is 9.59 Å². The summed E-state index contributed by atoms with van der Waals surface area (Å²) in [4.78, 5) is 22.7. The Labute approximate surface area is 117 Å². The Hall–Kier alpha value is -1.59. The molecule has 0 atom stereocenters. The van der Waals surface area contributed by atoms with Crippen molar-refractivity contribution in [3.63, 3.8) is 0 Å². The zero-order chi connectivity index (χ0) is 14.5. The molecule has 1 aromatic carbocycles. The van der Waals surface area contributed by atoms with Gasteiger partial charge in [-0.2, -0.15) is 0 Å². The van der Waals surface area contributed by atoms with Gasteiger partial charge in [0.1, 0.15) is 0 Å². The predicted molar refractivity (Wildman–Crippen MR) is 75.9 cm³/mol. The normalized spacial score (nSPS) is 11.1. The summed E-state index contributed by atoms with van der Waals surface area (Å²) in [5.74, 6) is -0.597. The molecule has 5 nitrogen and oxygen atoms in total. The summed E-state index contributed by atoms with van der Waals surface area (Å²) in [6.07, 6.45) is 0. The minimum atomic E-state index is -0.680. The second-order valence-corrected chi connectivity index (χ2v) is 5.34. The van der Waals surface area contributed by atoms with Crippen LogP contribution in [0, 0.1) is 5.41 Å². The van der Waals surface area contributed by atoms with Gasteiger partial charge >= 0.3 is 0 Å². The topological polar surface area (TPSA) is 84.2 Å². The van der Waals surface area contributed by atoms with Crippen molar-refractivity contribution in [3.05, 3.63) is 29.3 Å². The number of hydrogen-bond donors (Lipinski definition) is 3. The molecule has 19 heavy (non-hydrogen) atoms. The van der Waals surface area contributed by atoms with Gasteiger partial charge in [-0.1, -0.05) is 11.6 Å². The van der Waals surface area contributed by atoms with Crippen LogP contribution in [0.2, 0.25) is 5.02 Å². The van der Waals surface area contributed by atoms with Gasteiger partial charge in [0.2, 0.25) is 11.8 Å². The molecular formula is C13H18ClN3O2. The molecule has 1 rings (SSSR count). The first-order valence-corrected chi connectivity index (χ1v) is 6.25. The summed E-state index contributed by atoms with van der Waals surface area (Å²) < 4.78 is 0. The molecule has 0 saturated heterocycles. The van der Waals surface area contributed by atoms with Crippen LogP contribution in [-0.2, 0) is 9.59 Å². The van der Waals surface area contributed by atoms with Crippen molar-refractivity contribution < 1.29 is 9.59 Å². The lowest BCUT2D eigenvalue weighted by Gasteiger charge is -2.20. The first-order valence-electron chi connectivity index (χ1n) is 5.87. The summed E-state index contributed by atoms with van der Waals surface area (Å²) >= 11 is 5.74. The summed E-state index contributed by atoms with van der Waals surface area (Å²) in [5.41, 5.74) is 5.22. The molecule has 0 aliphatic rings. The number of primary amides is 1. The fourth-order valence-electron chi connectivity index (χ4n) is 1.31. The van der Waals surface area contributed by atoms with Crippen LogP contribution in [0.1, 0.15) is 13.8 Å². The van der Waals surface area contributed by atoms with Crippen molar-refractivity contribution in [2.75, 3.05) is 18.4 Å². The van der Waals surface area contributed by atoms with Gasteiger partial charge in [0.05, 0.1) is 12.0 Å². The molecule has 0 radical (unpaired) electrons. The zero-order valence-electron chi connectivity index (χ0n) is 11.0. The van der Waals surface area contributed by atoms with Crippen LogP contribution in [-0.4, -0.2) is 24.9 Å². The van der Waals surface area contributed by atoms with Crippen LogP contribution >= 0.6 is 11.6 Å². The summed E-state index contributed by atoms with van der Waals surface area (Å²) in [6, 6.07) is 6.82. The number of nitrogens with two attached hydrogens (primary N) is 1. The van der Waals surface area contributed by atoms with Gasteiger partial charge in [0.25, 0.3) is 0 Å². The van der Waals surface area contributed by atoms with E-state index in [4.69, 9.17) is 17.3 Å². The molecule has 0 spiro atoms. The number of hydrogen-bond acceptors (Lipinski definition) is 3. The third-order valence-corrected chi connectivity index (χ3v) is 2.90. The van der Waals surface area contributed by atoms with E-state index in [1.165, 1.54) is 0 Å². The van der Waals surface area contributed by atoms with Crippen molar-refractivity contribution in [2.45, 2.75) is 13.8 Å². The molecule has 0 bridgehead atoms. The highest BCUT2D eigenvalue weighted by Gasteiger charge is 2.24. The Morgan fingerprint density at radius 1 is 1.26 bits per heavy atom. The average molecular weight is 284 g/mol. The monoisotopic (exact) mass is 283 g/mol. The van der Waals surface area contributed by atoms with E-state index in [0.29, 0.717) is 17.3 Å². The summed E-state index contributed by atoms with van der Waals surface area (Å²) in [6.45, 7) is 3.90. The summed E-state index contributed by atoms with van der Waals surface area (Å²) in [5, 5.41) is 6.22. The Balaban J connectivity index is 2.36. The third kappa shape index (κ3) is 5.28. The van der Waals surface area contributed by atoms with Gasteiger partial charge in [-0.05, 0) is 38.1 Å². The Kier molecular flexibility index (Phi) is 5.32. The number of benzene rings is 1. The fourth-order valence-corrected chi connectivity index (χ4v) is 1.44. The van der Waals surface area contributed by atoms with E-state index in [2.05, 4.69) is 10.6 Å². The van der Waals surface area contributed by atoms with Crippen LogP contribution in [0.15, 0.2) is 24.3 Å². The molecule has 104 valence electrons. The molecule has 0 heterocycles. The van der Waals surface area contributed by atoms with E-state index in [1.807, 2.05) is 0 Å². The third-order valence-electron chi connectivity index (χ3n) is 2.65. The highest BCUT2D eigenvalue weighted by atomic mass is 35.5. The Morgan fingerprint density at radius 3 is 2.37 bits per heavy atom. The van der Waals surface area contributed by atoms with Gasteiger partial charge in [0, 0.05) is 17.3 Å². The van der Waals surface area contributed by atoms with E-state index < -0.39 is 11.3 Å². The molecule has 4 N–H and O–H groups in total. The van der Waals surface area contributed by atoms with E-state index in [0.717, 1.165) is 0 Å². The number of nitrogens with one attached hydrogen (secondary N) is 2. The maximum Gasteiger partial charge on any atom is 0.238 e. The van der Waals surface area contributed by atoms with Crippen LogP contribution in [0.4, 0.5) is 5.69 Å². The number of amides is 2. The van der Waals surface area contributed by atoms with Gasteiger partial charge in [0.15, 0.2) is 0 Å². The first-order chi connectivity index (χ1) is 8.81. The lowest BCUT2D eigenvalue weighted by molar-refractivity contribution is -0.126. The second-order valence-electron chi connectivity index (χ2n) is 4.91. The van der Waals surface area contributed by atoms with Crippen LogP contribution in [0.25, 0.3) is 0 Å². The fraction of sp³-hybridized carbons (Fsp3) is 0.385. The summed E-state index contributed by atoms with van der Waals surface area (Å²) in [7, 11) is 0. The molecular weight excluding hydrogens is 266 g/mol. The van der Waals surface area contributed by atoms with E-state index >= 15 is 0 Å². The van der Waals surface area contributed by atoms with Crippen molar-refractivity contribution in [3.8, 4) is 0 Å². The zero-order valence-corrected chi connectivity index (χ0v) is 11.8. The molecule has 1 aromatic rings. The standard InChI is InChI=1S/C13H18ClN3O2/c1-13(2,12(15)19)8-16-7-11(18)17-10-5-3-9(14)4-6-10/h3-6,16H,7-8H2,1-2H3,(H2,15,19)(H,17,18).